The first-order valence-electron chi connectivity index (χ1n) is 4.08. The fraction of sp³-hybridized carbons (Fsp3) is 0.182. The van der Waals surface area contributed by atoms with Crippen molar-refractivity contribution in [3.63, 3.8) is 0 Å². The molecule has 0 saturated carbocycles. The van der Waals surface area contributed by atoms with Crippen LogP contribution in [0.25, 0.3) is 5.57 Å². The maximum Gasteiger partial charge on any atom is 0.162 e. The Morgan fingerprint density at radius 2 is 1.92 bits per heavy atom. The highest BCUT2D eigenvalue weighted by Gasteiger charge is 2.03. The summed E-state index contributed by atoms with van der Waals surface area (Å²) in [6, 6.07) is 11.8. The molecule has 0 aliphatic carbocycles. The van der Waals surface area contributed by atoms with Gasteiger partial charge in [-0.1, -0.05) is 30.3 Å². The van der Waals surface area contributed by atoms with Gasteiger partial charge in [-0.2, -0.15) is 5.26 Å². The van der Waals surface area contributed by atoms with E-state index >= 15 is 0 Å². The first-order chi connectivity index (χ1) is 6.24. The summed E-state index contributed by atoms with van der Waals surface area (Å²) >= 11 is 0. The monoisotopic (exact) mass is 172 g/mol. The number of benzene rings is 1. The second-order valence-electron chi connectivity index (χ2n) is 2.98. The lowest BCUT2D eigenvalue weighted by atomic mass is 10.1. The van der Waals surface area contributed by atoms with Crippen LogP contribution in [0.5, 0.6) is 0 Å². The molecule has 0 aliphatic rings. The molecule has 0 aliphatic heterocycles. The average Bonchev–Trinajstić information content (AvgIpc) is 2.15. The summed E-state index contributed by atoms with van der Waals surface area (Å²) < 4.78 is 0. The van der Waals surface area contributed by atoms with Gasteiger partial charge in [0.15, 0.2) is 6.20 Å². The Labute approximate surface area is 78.7 Å². The Morgan fingerprint density at radius 3 is 2.38 bits per heavy atom. The van der Waals surface area contributed by atoms with Crippen LogP contribution >= 0.6 is 0 Å². The van der Waals surface area contributed by atoms with E-state index in [0.29, 0.717) is 5.57 Å². The largest absolute Gasteiger partial charge is 0.192 e. The fourth-order valence-electron chi connectivity index (χ4n) is 1.04. The highest BCUT2D eigenvalue weighted by molar-refractivity contribution is 5.76. The summed E-state index contributed by atoms with van der Waals surface area (Å²) in [5.74, 6) is 0. The Balaban J connectivity index is 3.00. The van der Waals surface area contributed by atoms with Crippen LogP contribution in [0.3, 0.4) is 0 Å². The second-order valence-corrected chi connectivity index (χ2v) is 2.98. The van der Waals surface area contributed by atoms with Crippen molar-refractivity contribution < 1.29 is 0 Å². The molecular weight excluding hydrogens is 160 g/mol. The predicted molar refractivity (Wildman–Crippen MR) is 54.0 cm³/mol. The molecule has 65 valence electrons. The summed E-state index contributed by atoms with van der Waals surface area (Å²) in [6.45, 7) is 0. The Hall–Kier alpha value is -1.59. The van der Waals surface area contributed by atoms with E-state index < -0.39 is 0 Å². The molecule has 0 N–H and O–H groups in total. The maximum absolute atomic E-state index is 8.88. The van der Waals surface area contributed by atoms with Crippen LogP contribution in [0.2, 0.25) is 0 Å². The van der Waals surface area contributed by atoms with Crippen LogP contribution in [-0.4, -0.2) is 14.1 Å². The van der Waals surface area contributed by atoms with Crippen molar-refractivity contribution in [2.24, 2.45) is 0 Å². The summed E-state index contributed by atoms with van der Waals surface area (Å²) in [7, 11) is 3.81. The summed E-state index contributed by atoms with van der Waals surface area (Å²) in [5.41, 5.74) is 1.64. The molecule has 0 amide bonds. The van der Waals surface area contributed by atoms with Gasteiger partial charge in [0.25, 0.3) is 0 Å². The predicted octanol–water partition coefficient (Wildman–Crippen LogP) is 1.95. The number of hydrogen-bond donors (Lipinski definition) is 0. The van der Waals surface area contributed by atoms with Gasteiger partial charge < -0.3 is 0 Å². The van der Waals surface area contributed by atoms with Gasteiger partial charge in [0, 0.05) is 0 Å². The van der Waals surface area contributed by atoms with E-state index in [9.17, 15) is 0 Å². The molecule has 13 heavy (non-hydrogen) atoms. The third-order valence-corrected chi connectivity index (χ3v) is 1.59. The smallest absolute Gasteiger partial charge is 0.162 e. The third kappa shape index (κ3) is 2.73. The van der Waals surface area contributed by atoms with Crippen LogP contribution in [0.4, 0.5) is 0 Å². The minimum Gasteiger partial charge on any atom is -0.192 e. The highest BCUT2D eigenvalue weighted by Crippen LogP contribution is 2.11. The van der Waals surface area contributed by atoms with Gasteiger partial charge in [0.1, 0.15) is 25.7 Å². The standard InChI is InChI=1S/C11H12N2/c1-13(2)9-11(8-12)10-6-4-3-5-7-10/h3-7,9H,1-2H3/q+1. The van der Waals surface area contributed by atoms with E-state index in [1.165, 1.54) is 0 Å². The van der Waals surface area contributed by atoms with E-state index in [0.717, 1.165) is 5.56 Å². The molecule has 0 atom stereocenters. The molecule has 2 heteroatoms. The van der Waals surface area contributed by atoms with Crippen LogP contribution in [0, 0.1) is 11.3 Å². The van der Waals surface area contributed by atoms with E-state index in [2.05, 4.69) is 6.07 Å². The van der Waals surface area contributed by atoms with Gasteiger partial charge >= 0.3 is 0 Å². The molecule has 0 fully saturated rings. The molecular formula is C11H12N2+. The van der Waals surface area contributed by atoms with Crippen molar-refractivity contribution in [3.8, 4) is 6.07 Å². The molecule has 0 heterocycles. The van der Waals surface area contributed by atoms with Crippen molar-refractivity contribution >= 4 is 5.57 Å². The minimum atomic E-state index is 0.686. The lowest BCUT2D eigenvalue weighted by Gasteiger charge is -1.96. The third-order valence-electron chi connectivity index (χ3n) is 1.59. The Morgan fingerprint density at radius 1 is 1.31 bits per heavy atom. The number of allylic oxidation sites excluding steroid dienone is 1. The number of rotatable bonds is 2. The van der Waals surface area contributed by atoms with Gasteiger partial charge in [0.05, 0.1) is 0 Å². The van der Waals surface area contributed by atoms with E-state index in [1.807, 2.05) is 55.5 Å². The van der Waals surface area contributed by atoms with Crippen molar-refractivity contribution in [1.29, 1.82) is 5.26 Å². The van der Waals surface area contributed by atoms with E-state index in [1.54, 1.807) is 0 Å². The van der Waals surface area contributed by atoms with Crippen molar-refractivity contribution in [2.75, 3.05) is 14.1 Å². The summed E-state index contributed by atoms with van der Waals surface area (Å²) in [5, 5.41) is 8.88. The molecule has 1 aromatic carbocycles. The zero-order valence-electron chi connectivity index (χ0n) is 7.86. The fourth-order valence-corrected chi connectivity index (χ4v) is 1.04. The molecule has 0 saturated heterocycles. The van der Waals surface area contributed by atoms with Gasteiger partial charge in [-0.05, 0) is 5.56 Å². The molecule has 1 rings (SSSR count). The van der Waals surface area contributed by atoms with Crippen LogP contribution in [0.1, 0.15) is 5.56 Å². The lowest BCUT2D eigenvalue weighted by Crippen LogP contribution is -2.09. The lowest BCUT2D eigenvalue weighted by molar-refractivity contribution is 0.750. The molecule has 1 radical (unpaired) electrons. The topological polar surface area (TPSA) is 29.7 Å². The molecule has 0 aromatic heterocycles. The number of hydrogen-bond acceptors (Lipinski definition) is 2. The maximum atomic E-state index is 8.88. The molecule has 0 spiro atoms. The Bertz CT molecular complexity index is 331. The second kappa shape index (κ2) is 4.44. The molecule has 1 aromatic rings. The number of nitriles is 1. The quantitative estimate of drug-likeness (QED) is 0.495. The normalized spacial score (nSPS) is 11.4. The zero-order chi connectivity index (χ0) is 9.68. The number of nitrogens with zero attached hydrogens (tertiary/aromatic N) is 2. The molecule has 2 nitrogen and oxygen atoms in total. The Kier molecular flexibility index (Phi) is 3.24. The van der Waals surface area contributed by atoms with E-state index in [4.69, 9.17) is 5.26 Å². The van der Waals surface area contributed by atoms with Crippen molar-refractivity contribution in [2.45, 2.75) is 0 Å². The van der Waals surface area contributed by atoms with Crippen LogP contribution in [0.15, 0.2) is 36.5 Å². The SMILES string of the molecule is C[N+](C)C=C(C#N)c1ccccc1. The summed E-state index contributed by atoms with van der Waals surface area (Å²) in [6.07, 6.45) is 1.81. The van der Waals surface area contributed by atoms with Gasteiger partial charge in [0.2, 0.25) is 0 Å². The summed E-state index contributed by atoms with van der Waals surface area (Å²) in [4.78, 5) is 1.87. The average molecular weight is 172 g/mol. The van der Waals surface area contributed by atoms with Crippen molar-refractivity contribution in [1.82, 2.24) is 4.90 Å². The first-order valence-corrected chi connectivity index (χ1v) is 4.08. The molecule has 0 unspecified atom stereocenters. The van der Waals surface area contributed by atoms with Crippen LogP contribution in [-0.2, 0) is 0 Å². The van der Waals surface area contributed by atoms with Gasteiger partial charge in [-0.3, -0.25) is 0 Å². The minimum absolute atomic E-state index is 0.686. The molecule has 0 bridgehead atoms. The highest BCUT2D eigenvalue weighted by atomic mass is 15.0. The van der Waals surface area contributed by atoms with Gasteiger partial charge in [-0.25, -0.2) is 0 Å². The van der Waals surface area contributed by atoms with E-state index in [-0.39, 0.29) is 0 Å². The zero-order valence-corrected chi connectivity index (χ0v) is 7.86. The van der Waals surface area contributed by atoms with Crippen molar-refractivity contribution in [3.05, 3.63) is 42.1 Å². The first kappa shape index (κ1) is 9.50. The van der Waals surface area contributed by atoms with Crippen LogP contribution < -0.4 is 4.90 Å². The van der Waals surface area contributed by atoms with Gasteiger partial charge in [-0.15, -0.1) is 4.90 Å².